The van der Waals surface area contributed by atoms with Gasteiger partial charge in [-0.3, -0.25) is 0 Å². The highest BCUT2D eigenvalue weighted by atomic mass is 16.3. The lowest BCUT2D eigenvalue weighted by Gasteiger charge is -2.21. The number of hydrogen-bond acceptors (Lipinski definition) is 6. The molecule has 9 aromatic rings. The molecule has 232 valence electrons. The lowest BCUT2D eigenvalue weighted by molar-refractivity contribution is 0.601. The van der Waals surface area contributed by atoms with Crippen molar-refractivity contribution >= 4 is 33.0 Å². The Kier molecular flexibility index (Phi) is 5.82. The summed E-state index contributed by atoms with van der Waals surface area (Å²) < 4.78 is 12.7. The van der Waals surface area contributed by atoms with Gasteiger partial charge < -0.3 is 8.83 Å². The van der Waals surface area contributed by atoms with E-state index in [4.69, 9.17) is 23.8 Å². The largest absolute Gasteiger partial charge is 0.455 e. The number of oxazole rings is 1. The molecule has 6 heteroatoms. The minimum absolute atomic E-state index is 0.172. The molecule has 49 heavy (non-hydrogen) atoms. The molecule has 6 nitrogen and oxygen atoms in total. The molecule has 3 heterocycles. The van der Waals surface area contributed by atoms with Crippen LogP contribution in [0.2, 0.25) is 0 Å². The van der Waals surface area contributed by atoms with E-state index in [1.165, 1.54) is 17.5 Å². The quantitative estimate of drug-likeness (QED) is 0.192. The maximum absolute atomic E-state index is 6.72. The molecule has 1 aliphatic carbocycles. The van der Waals surface area contributed by atoms with E-state index in [2.05, 4.69) is 67.4 Å². The van der Waals surface area contributed by atoms with E-state index in [1.807, 2.05) is 78.9 Å². The van der Waals surface area contributed by atoms with Gasteiger partial charge in [-0.25, -0.2) is 19.9 Å². The van der Waals surface area contributed by atoms with Crippen LogP contribution in [0.3, 0.4) is 0 Å². The fraction of sp³-hybridized carbons (Fsp3) is 0.0698. The summed E-state index contributed by atoms with van der Waals surface area (Å²) >= 11 is 0. The number of para-hydroxylation sites is 1. The Hall–Kier alpha value is -6.40. The average molecular weight is 633 g/mol. The fourth-order valence-corrected chi connectivity index (χ4v) is 7.50. The Morgan fingerprint density at radius 1 is 0.531 bits per heavy atom. The van der Waals surface area contributed by atoms with Crippen molar-refractivity contribution in [3.63, 3.8) is 0 Å². The molecule has 10 rings (SSSR count). The number of rotatable bonds is 4. The molecular weight excluding hydrogens is 604 g/mol. The van der Waals surface area contributed by atoms with Gasteiger partial charge >= 0.3 is 0 Å². The van der Waals surface area contributed by atoms with Gasteiger partial charge in [0.05, 0.1) is 0 Å². The standard InChI is InChI=1S/C43H28N4O2/c1-43(2)32-20-17-27(23-31(32)37-33(43)21-22-34-39(37)48-24-44-34)28-18-19-30(36-29-15-9-10-16-35(29)49-38(28)36)42-46-40(25-11-5-3-6-12-25)45-41(47-42)26-13-7-4-8-14-26/h3-24H,1-2H3. The van der Waals surface area contributed by atoms with Crippen LogP contribution >= 0.6 is 0 Å². The van der Waals surface area contributed by atoms with E-state index in [1.54, 1.807) is 0 Å². The van der Waals surface area contributed by atoms with Gasteiger partial charge in [-0.1, -0.05) is 111 Å². The van der Waals surface area contributed by atoms with Crippen molar-refractivity contribution < 1.29 is 8.83 Å². The normalized spacial score (nSPS) is 13.3. The lowest BCUT2D eigenvalue weighted by Crippen LogP contribution is -2.14. The molecule has 0 bridgehead atoms. The SMILES string of the molecule is CC1(C)c2ccc(-c3ccc(-c4nc(-c5ccccc5)nc(-c5ccccc5)n4)c4c3oc3ccccc34)cc2-c2c1ccc1ncoc21. The number of hydrogen-bond donors (Lipinski definition) is 0. The zero-order chi connectivity index (χ0) is 32.7. The van der Waals surface area contributed by atoms with Crippen LogP contribution in [-0.4, -0.2) is 19.9 Å². The van der Waals surface area contributed by atoms with Crippen LogP contribution in [-0.2, 0) is 5.41 Å². The Balaban J connectivity index is 1.22. The lowest BCUT2D eigenvalue weighted by atomic mass is 9.82. The van der Waals surface area contributed by atoms with E-state index in [0.29, 0.717) is 17.5 Å². The highest BCUT2D eigenvalue weighted by Gasteiger charge is 2.38. The van der Waals surface area contributed by atoms with Crippen molar-refractivity contribution in [2.24, 2.45) is 0 Å². The third-order valence-electron chi connectivity index (χ3n) is 9.91. The van der Waals surface area contributed by atoms with E-state index in [9.17, 15) is 0 Å². The van der Waals surface area contributed by atoms with Gasteiger partial charge in [0.1, 0.15) is 16.7 Å². The topological polar surface area (TPSA) is 77.8 Å². The summed E-state index contributed by atoms with van der Waals surface area (Å²) in [7, 11) is 0. The minimum atomic E-state index is -0.172. The summed E-state index contributed by atoms with van der Waals surface area (Å²) in [6.07, 6.45) is 1.53. The number of aromatic nitrogens is 4. The first-order valence-electron chi connectivity index (χ1n) is 16.4. The van der Waals surface area contributed by atoms with Crippen molar-refractivity contribution in [2.75, 3.05) is 0 Å². The maximum atomic E-state index is 6.72. The molecule has 0 amide bonds. The van der Waals surface area contributed by atoms with Gasteiger partial charge in [0, 0.05) is 44.0 Å². The molecule has 0 unspecified atom stereocenters. The third kappa shape index (κ3) is 4.14. The summed E-state index contributed by atoms with van der Waals surface area (Å²) in [4.78, 5) is 19.5. The molecule has 1 aliphatic rings. The van der Waals surface area contributed by atoms with Crippen molar-refractivity contribution in [3.05, 3.63) is 145 Å². The molecule has 6 aromatic carbocycles. The predicted octanol–water partition coefficient (Wildman–Crippen LogP) is 10.9. The number of benzene rings is 6. The molecule has 0 atom stereocenters. The fourth-order valence-electron chi connectivity index (χ4n) is 7.50. The highest BCUT2D eigenvalue weighted by Crippen LogP contribution is 2.52. The molecule has 3 aromatic heterocycles. The molecule has 0 aliphatic heterocycles. The van der Waals surface area contributed by atoms with Crippen molar-refractivity contribution in [2.45, 2.75) is 19.3 Å². The number of fused-ring (bicyclic) bond motifs is 8. The van der Waals surface area contributed by atoms with Crippen LogP contribution in [0.15, 0.2) is 143 Å². The average Bonchev–Trinajstić information content (AvgIpc) is 3.85. The van der Waals surface area contributed by atoms with E-state index in [-0.39, 0.29) is 5.41 Å². The van der Waals surface area contributed by atoms with E-state index >= 15 is 0 Å². The molecule has 0 saturated heterocycles. The van der Waals surface area contributed by atoms with Crippen LogP contribution in [0.1, 0.15) is 25.0 Å². The first-order valence-corrected chi connectivity index (χ1v) is 16.4. The molecule has 0 radical (unpaired) electrons. The second-order valence-corrected chi connectivity index (χ2v) is 13.1. The number of furan rings is 1. The predicted molar refractivity (Wildman–Crippen MR) is 194 cm³/mol. The van der Waals surface area contributed by atoms with Crippen molar-refractivity contribution in [1.82, 2.24) is 19.9 Å². The van der Waals surface area contributed by atoms with Crippen molar-refractivity contribution in [1.29, 1.82) is 0 Å². The van der Waals surface area contributed by atoms with Crippen LogP contribution in [0.25, 0.3) is 89.5 Å². The highest BCUT2D eigenvalue weighted by molar-refractivity contribution is 6.16. The smallest absolute Gasteiger partial charge is 0.182 e. The van der Waals surface area contributed by atoms with Gasteiger partial charge in [-0.15, -0.1) is 0 Å². The molecule has 0 saturated carbocycles. The number of nitrogens with zero attached hydrogens (tertiary/aromatic N) is 4. The van der Waals surface area contributed by atoms with Crippen molar-refractivity contribution in [3.8, 4) is 56.4 Å². The molecule has 0 N–H and O–H groups in total. The Morgan fingerprint density at radius 3 is 1.94 bits per heavy atom. The third-order valence-corrected chi connectivity index (χ3v) is 9.91. The van der Waals surface area contributed by atoms with Gasteiger partial charge in [-0.05, 0) is 52.6 Å². The van der Waals surface area contributed by atoms with Gasteiger partial charge in [0.2, 0.25) is 0 Å². The van der Waals surface area contributed by atoms with Crippen LogP contribution in [0, 0.1) is 0 Å². The first-order chi connectivity index (χ1) is 24.0. The molecular formula is C43H28N4O2. The van der Waals surface area contributed by atoms with Gasteiger partial charge in [0.25, 0.3) is 0 Å². The maximum Gasteiger partial charge on any atom is 0.182 e. The zero-order valence-corrected chi connectivity index (χ0v) is 26.8. The Morgan fingerprint density at radius 2 is 1.18 bits per heavy atom. The second kappa shape index (κ2) is 10.3. The first kappa shape index (κ1) is 27.7. The molecule has 0 fully saturated rings. The summed E-state index contributed by atoms with van der Waals surface area (Å²) in [6.45, 7) is 4.54. The summed E-state index contributed by atoms with van der Waals surface area (Å²) in [6, 6.07) is 43.5. The summed E-state index contributed by atoms with van der Waals surface area (Å²) in [5, 5.41) is 1.98. The van der Waals surface area contributed by atoms with E-state index < -0.39 is 0 Å². The minimum Gasteiger partial charge on any atom is -0.455 e. The molecule has 0 spiro atoms. The second-order valence-electron chi connectivity index (χ2n) is 13.1. The summed E-state index contributed by atoms with van der Waals surface area (Å²) in [5.74, 6) is 1.83. The van der Waals surface area contributed by atoms with Crippen LogP contribution in [0.5, 0.6) is 0 Å². The van der Waals surface area contributed by atoms with Gasteiger partial charge in [-0.2, -0.15) is 0 Å². The zero-order valence-electron chi connectivity index (χ0n) is 26.8. The monoisotopic (exact) mass is 632 g/mol. The summed E-state index contributed by atoms with van der Waals surface area (Å²) in [5.41, 5.74) is 12.7. The Labute approximate surface area is 281 Å². The van der Waals surface area contributed by atoms with E-state index in [0.717, 1.165) is 72.0 Å². The van der Waals surface area contributed by atoms with Crippen LogP contribution < -0.4 is 0 Å². The van der Waals surface area contributed by atoms with Gasteiger partial charge in [0.15, 0.2) is 29.4 Å². The van der Waals surface area contributed by atoms with Crippen LogP contribution in [0.4, 0.5) is 0 Å². The Bertz CT molecular complexity index is 2690.